The molecule has 0 aromatic carbocycles. The van der Waals surface area contributed by atoms with Gasteiger partial charge in [0.05, 0.1) is 13.0 Å². The molecule has 1 atom stereocenters. The zero-order valence-electron chi connectivity index (χ0n) is 13.0. The molecule has 0 bridgehead atoms. The maximum absolute atomic E-state index is 12.2. The first-order valence-electron chi connectivity index (χ1n) is 7.53. The van der Waals surface area contributed by atoms with Crippen LogP contribution in [0.4, 0.5) is 0 Å². The highest BCUT2D eigenvalue weighted by atomic mass is 16.5. The first-order chi connectivity index (χ1) is 10.2. The second-order valence-corrected chi connectivity index (χ2v) is 5.75. The van der Waals surface area contributed by atoms with Crippen LogP contribution in [0.5, 0.6) is 0 Å². The predicted octanol–water partition coefficient (Wildman–Crippen LogP) is 1.05. The van der Waals surface area contributed by atoms with Crippen LogP contribution >= 0.6 is 0 Å². The molecule has 5 heteroatoms. The van der Waals surface area contributed by atoms with E-state index in [9.17, 15) is 4.79 Å². The van der Waals surface area contributed by atoms with Crippen LogP contribution in [0.1, 0.15) is 12.0 Å². The van der Waals surface area contributed by atoms with E-state index in [4.69, 9.17) is 4.74 Å². The number of carbonyl (C=O) groups is 1. The molecule has 0 saturated carbocycles. The van der Waals surface area contributed by atoms with Gasteiger partial charge in [0.2, 0.25) is 5.91 Å². The summed E-state index contributed by atoms with van der Waals surface area (Å²) in [5.74, 6) is 0.754. The summed E-state index contributed by atoms with van der Waals surface area (Å²) in [4.78, 5) is 20.5. The molecule has 0 radical (unpaired) electrons. The third kappa shape index (κ3) is 5.10. The number of hydrogen-bond donors (Lipinski definition) is 0. The predicted molar refractivity (Wildman–Crippen MR) is 82.0 cm³/mol. The fourth-order valence-corrected chi connectivity index (χ4v) is 2.78. The molecule has 1 aromatic rings. The molecule has 1 aliphatic heterocycles. The standard InChI is InChI=1S/C16H25N3O2/c1-18(16(20)11-14-3-6-17-7-4-14)12-15-5-8-19(13-15)9-10-21-2/h3-4,6-7,15H,5,8-13H2,1-2H3/t15-/m1/s1. The number of likely N-dealkylation sites (tertiary alicyclic amines) is 1. The van der Waals surface area contributed by atoms with Gasteiger partial charge in [-0.25, -0.2) is 0 Å². The first kappa shape index (κ1) is 15.9. The SMILES string of the molecule is COCCN1CC[C@H](CN(C)C(=O)Cc2ccncc2)C1. The lowest BCUT2D eigenvalue weighted by atomic mass is 10.1. The lowest BCUT2D eigenvalue weighted by molar-refractivity contribution is -0.129. The second-order valence-electron chi connectivity index (χ2n) is 5.75. The lowest BCUT2D eigenvalue weighted by Crippen LogP contribution is -2.34. The zero-order valence-corrected chi connectivity index (χ0v) is 13.0. The number of hydrogen-bond acceptors (Lipinski definition) is 4. The van der Waals surface area contributed by atoms with Crippen molar-refractivity contribution in [2.75, 3.05) is 46.9 Å². The van der Waals surface area contributed by atoms with Gasteiger partial charge >= 0.3 is 0 Å². The molecule has 1 aromatic heterocycles. The lowest BCUT2D eigenvalue weighted by Gasteiger charge is -2.22. The second kappa shape index (κ2) is 8.10. The zero-order chi connectivity index (χ0) is 15.1. The molecule has 2 rings (SSSR count). The quantitative estimate of drug-likeness (QED) is 0.753. The summed E-state index contributed by atoms with van der Waals surface area (Å²) in [6.45, 7) is 4.79. The van der Waals surface area contributed by atoms with Crippen molar-refractivity contribution in [2.24, 2.45) is 5.92 Å². The summed E-state index contributed by atoms with van der Waals surface area (Å²) in [7, 11) is 3.64. The number of amides is 1. The maximum atomic E-state index is 12.2. The van der Waals surface area contributed by atoms with Gasteiger partial charge in [0.15, 0.2) is 0 Å². The highest BCUT2D eigenvalue weighted by Crippen LogP contribution is 2.17. The van der Waals surface area contributed by atoms with E-state index >= 15 is 0 Å². The minimum atomic E-state index is 0.177. The van der Waals surface area contributed by atoms with Gasteiger partial charge in [-0.1, -0.05) is 0 Å². The Kier molecular flexibility index (Phi) is 6.14. The summed E-state index contributed by atoms with van der Waals surface area (Å²) >= 11 is 0. The Balaban J connectivity index is 1.74. The van der Waals surface area contributed by atoms with Crippen LogP contribution in [0.2, 0.25) is 0 Å². The van der Waals surface area contributed by atoms with E-state index in [0.29, 0.717) is 12.3 Å². The fraction of sp³-hybridized carbons (Fsp3) is 0.625. The Morgan fingerprint density at radius 1 is 1.48 bits per heavy atom. The molecular formula is C16H25N3O2. The van der Waals surface area contributed by atoms with Crippen molar-refractivity contribution in [3.63, 3.8) is 0 Å². The number of methoxy groups -OCH3 is 1. The van der Waals surface area contributed by atoms with Gasteiger partial charge in [0.1, 0.15) is 0 Å². The summed E-state index contributed by atoms with van der Waals surface area (Å²) in [6, 6.07) is 3.79. The number of carbonyl (C=O) groups excluding carboxylic acids is 1. The molecule has 0 N–H and O–H groups in total. The van der Waals surface area contributed by atoms with Crippen LogP contribution in [-0.4, -0.2) is 67.6 Å². The highest BCUT2D eigenvalue weighted by molar-refractivity contribution is 5.78. The molecule has 116 valence electrons. The monoisotopic (exact) mass is 291 g/mol. The first-order valence-corrected chi connectivity index (χ1v) is 7.53. The van der Waals surface area contributed by atoms with E-state index in [1.54, 1.807) is 19.5 Å². The topological polar surface area (TPSA) is 45.7 Å². The van der Waals surface area contributed by atoms with E-state index in [-0.39, 0.29) is 5.91 Å². The molecule has 1 saturated heterocycles. The molecule has 1 aliphatic rings. The summed E-state index contributed by atoms with van der Waals surface area (Å²) in [5, 5.41) is 0. The average Bonchev–Trinajstić information content (AvgIpc) is 2.93. The van der Waals surface area contributed by atoms with E-state index in [1.807, 2.05) is 24.1 Å². The van der Waals surface area contributed by atoms with Crippen molar-refractivity contribution in [3.8, 4) is 0 Å². The van der Waals surface area contributed by atoms with Gasteiger partial charge in [0.25, 0.3) is 0 Å². The van der Waals surface area contributed by atoms with Crippen molar-refractivity contribution >= 4 is 5.91 Å². The van der Waals surface area contributed by atoms with Crippen LogP contribution in [0.3, 0.4) is 0 Å². The molecule has 0 aliphatic carbocycles. The molecule has 1 fully saturated rings. The Hall–Kier alpha value is -1.46. The molecule has 1 amide bonds. The van der Waals surface area contributed by atoms with E-state index in [1.165, 1.54) is 0 Å². The molecule has 5 nitrogen and oxygen atoms in total. The van der Waals surface area contributed by atoms with Gasteiger partial charge in [-0.15, -0.1) is 0 Å². The summed E-state index contributed by atoms with van der Waals surface area (Å²) in [5.41, 5.74) is 1.02. The van der Waals surface area contributed by atoms with E-state index < -0.39 is 0 Å². The van der Waals surface area contributed by atoms with Gasteiger partial charge in [-0.05, 0) is 36.6 Å². The number of pyridine rings is 1. The highest BCUT2D eigenvalue weighted by Gasteiger charge is 2.24. The Morgan fingerprint density at radius 2 is 2.24 bits per heavy atom. The average molecular weight is 291 g/mol. The molecule has 0 spiro atoms. The molecule has 0 unspecified atom stereocenters. The van der Waals surface area contributed by atoms with Gasteiger partial charge in [0, 0.05) is 46.2 Å². The number of nitrogens with zero attached hydrogens (tertiary/aromatic N) is 3. The Bertz CT molecular complexity index is 438. The van der Waals surface area contributed by atoms with Crippen LogP contribution in [0.25, 0.3) is 0 Å². The van der Waals surface area contributed by atoms with Crippen LogP contribution in [0, 0.1) is 5.92 Å². The third-order valence-corrected chi connectivity index (χ3v) is 4.04. The number of rotatable bonds is 7. The van der Waals surface area contributed by atoms with Crippen molar-refractivity contribution in [3.05, 3.63) is 30.1 Å². The minimum absolute atomic E-state index is 0.177. The normalized spacial score (nSPS) is 18.9. The summed E-state index contributed by atoms with van der Waals surface area (Å²) < 4.78 is 5.11. The largest absolute Gasteiger partial charge is 0.383 e. The Morgan fingerprint density at radius 3 is 2.95 bits per heavy atom. The van der Waals surface area contributed by atoms with Crippen molar-refractivity contribution in [1.82, 2.24) is 14.8 Å². The van der Waals surface area contributed by atoms with Gasteiger partial charge in [-0.2, -0.15) is 0 Å². The third-order valence-electron chi connectivity index (χ3n) is 4.04. The van der Waals surface area contributed by atoms with Crippen LogP contribution < -0.4 is 0 Å². The fourth-order valence-electron chi connectivity index (χ4n) is 2.78. The van der Waals surface area contributed by atoms with E-state index in [2.05, 4.69) is 9.88 Å². The number of ether oxygens (including phenoxy) is 1. The molecular weight excluding hydrogens is 266 g/mol. The van der Waals surface area contributed by atoms with Crippen molar-refractivity contribution in [2.45, 2.75) is 12.8 Å². The number of aromatic nitrogens is 1. The summed E-state index contributed by atoms with van der Waals surface area (Å²) in [6.07, 6.45) is 5.08. The van der Waals surface area contributed by atoms with Crippen molar-refractivity contribution in [1.29, 1.82) is 0 Å². The van der Waals surface area contributed by atoms with Gasteiger partial charge in [-0.3, -0.25) is 9.78 Å². The Labute approximate surface area is 126 Å². The maximum Gasteiger partial charge on any atom is 0.226 e. The van der Waals surface area contributed by atoms with E-state index in [0.717, 1.165) is 44.8 Å². The smallest absolute Gasteiger partial charge is 0.226 e. The van der Waals surface area contributed by atoms with Crippen molar-refractivity contribution < 1.29 is 9.53 Å². The van der Waals surface area contributed by atoms with Gasteiger partial charge < -0.3 is 14.5 Å². The van der Waals surface area contributed by atoms with Crippen LogP contribution in [-0.2, 0) is 16.0 Å². The minimum Gasteiger partial charge on any atom is -0.383 e. The molecule has 2 heterocycles. The molecule has 21 heavy (non-hydrogen) atoms. The van der Waals surface area contributed by atoms with Crippen LogP contribution in [0.15, 0.2) is 24.5 Å². The number of likely N-dealkylation sites (N-methyl/N-ethyl adjacent to an activating group) is 1.